The molecule has 1 aliphatic heterocycles. The van der Waals surface area contributed by atoms with Gasteiger partial charge in [-0.15, -0.1) is 0 Å². The molecule has 17 heavy (non-hydrogen) atoms. The van der Waals surface area contributed by atoms with Crippen LogP contribution in [0.15, 0.2) is 6.33 Å². The van der Waals surface area contributed by atoms with Crippen molar-refractivity contribution in [2.45, 2.75) is 45.9 Å². The van der Waals surface area contributed by atoms with Gasteiger partial charge in [-0.25, -0.2) is 9.67 Å². The predicted octanol–water partition coefficient (Wildman–Crippen LogP) is 0.891. The molecule has 2 rings (SSSR count). The van der Waals surface area contributed by atoms with Crippen LogP contribution in [0.3, 0.4) is 0 Å². The standard InChI is InChI=1S/C12H22N4O/c1-4-5-16-11(13-9-14-16)6-15-7-12(17,8-15)10(2)3/h9-10,17H,4-8H2,1-3H3. The molecule has 0 aromatic carbocycles. The SMILES string of the molecule is CCCn1ncnc1CN1CC(O)(C(C)C)C1. The number of β-amino-alcohol motifs (C(OH)–C–C–N with tert-alkyl or cyclic N) is 1. The van der Waals surface area contributed by atoms with E-state index in [0.717, 1.165) is 38.4 Å². The van der Waals surface area contributed by atoms with Crippen LogP contribution < -0.4 is 0 Å². The number of aryl methyl sites for hydroxylation is 1. The summed E-state index contributed by atoms with van der Waals surface area (Å²) in [5.74, 6) is 1.31. The number of likely N-dealkylation sites (tertiary alicyclic amines) is 1. The van der Waals surface area contributed by atoms with Gasteiger partial charge in [-0.1, -0.05) is 20.8 Å². The lowest BCUT2D eigenvalue weighted by Gasteiger charge is -2.48. The minimum Gasteiger partial charge on any atom is -0.387 e. The first kappa shape index (κ1) is 12.5. The van der Waals surface area contributed by atoms with Gasteiger partial charge in [-0.3, -0.25) is 4.90 Å². The van der Waals surface area contributed by atoms with Gasteiger partial charge < -0.3 is 5.11 Å². The zero-order chi connectivity index (χ0) is 12.5. The fourth-order valence-corrected chi connectivity index (χ4v) is 2.21. The monoisotopic (exact) mass is 238 g/mol. The van der Waals surface area contributed by atoms with Crippen molar-refractivity contribution in [3.8, 4) is 0 Å². The number of aliphatic hydroxyl groups is 1. The molecule has 0 spiro atoms. The number of nitrogens with zero attached hydrogens (tertiary/aromatic N) is 4. The lowest BCUT2D eigenvalue weighted by atomic mass is 9.83. The molecule has 0 amide bonds. The van der Waals surface area contributed by atoms with Crippen LogP contribution in [0.25, 0.3) is 0 Å². The predicted molar refractivity (Wildman–Crippen MR) is 65.4 cm³/mol. The van der Waals surface area contributed by atoms with Gasteiger partial charge in [-0.05, 0) is 12.3 Å². The van der Waals surface area contributed by atoms with Crippen molar-refractivity contribution < 1.29 is 5.11 Å². The highest BCUT2D eigenvalue weighted by molar-refractivity contribution is 4.99. The van der Waals surface area contributed by atoms with Gasteiger partial charge in [0.25, 0.3) is 0 Å². The van der Waals surface area contributed by atoms with E-state index in [1.54, 1.807) is 6.33 Å². The fourth-order valence-electron chi connectivity index (χ4n) is 2.21. The molecule has 1 aromatic heterocycles. The van der Waals surface area contributed by atoms with Gasteiger partial charge in [0.2, 0.25) is 0 Å². The molecule has 5 nitrogen and oxygen atoms in total. The van der Waals surface area contributed by atoms with Crippen molar-refractivity contribution in [1.29, 1.82) is 0 Å². The summed E-state index contributed by atoms with van der Waals surface area (Å²) in [7, 11) is 0. The summed E-state index contributed by atoms with van der Waals surface area (Å²) in [6, 6.07) is 0. The lowest BCUT2D eigenvalue weighted by Crippen LogP contribution is -2.64. The Morgan fingerprint density at radius 2 is 2.18 bits per heavy atom. The highest BCUT2D eigenvalue weighted by Gasteiger charge is 2.43. The minimum atomic E-state index is -0.504. The van der Waals surface area contributed by atoms with Gasteiger partial charge in [-0.2, -0.15) is 5.10 Å². The summed E-state index contributed by atoms with van der Waals surface area (Å²) in [5.41, 5.74) is -0.504. The van der Waals surface area contributed by atoms with Gasteiger partial charge in [0.05, 0.1) is 12.1 Å². The van der Waals surface area contributed by atoms with E-state index in [1.165, 1.54) is 0 Å². The summed E-state index contributed by atoms with van der Waals surface area (Å²) in [4.78, 5) is 6.50. The van der Waals surface area contributed by atoms with E-state index in [9.17, 15) is 5.11 Å². The molecule has 1 aromatic rings. The molecule has 1 N–H and O–H groups in total. The topological polar surface area (TPSA) is 54.2 Å². The Labute approximate surface area is 102 Å². The summed E-state index contributed by atoms with van der Waals surface area (Å²) in [5, 5.41) is 14.4. The summed E-state index contributed by atoms with van der Waals surface area (Å²) in [6.07, 6.45) is 2.67. The average Bonchev–Trinajstić information content (AvgIpc) is 2.63. The first-order valence-corrected chi connectivity index (χ1v) is 6.36. The van der Waals surface area contributed by atoms with Gasteiger partial charge >= 0.3 is 0 Å². The lowest BCUT2D eigenvalue weighted by molar-refractivity contribution is -0.131. The summed E-state index contributed by atoms with van der Waals surface area (Å²) in [6.45, 7) is 9.44. The van der Waals surface area contributed by atoms with E-state index < -0.39 is 5.60 Å². The molecule has 0 unspecified atom stereocenters. The van der Waals surface area contributed by atoms with Crippen LogP contribution in [0.1, 0.15) is 33.0 Å². The second kappa shape index (κ2) is 4.74. The Morgan fingerprint density at radius 3 is 2.76 bits per heavy atom. The van der Waals surface area contributed by atoms with E-state index in [2.05, 4.69) is 35.8 Å². The molecule has 1 aliphatic rings. The third-order valence-electron chi connectivity index (χ3n) is 3.57. The minimum absolute atomic E-state index is 0.312. The van der Waals surface area contributed by atoms with Crippen molar-refractivity contribution >= 4 is 0 Å². The van der Waals surface area contributed by atoms with Crippen LogP contribution in [-0.4, -0.2) is 43.5 Å². The van der Waals surface area contributed by atoms with E-state index in [0.29, 0.717) is 5.92 Å². The Bertz CT molecular complexity index is 368. The fraction of sp³-hybridized carbons (Fsp3) is 0.833. The maximum Gasteiger partial charge on any atom is 0.141 e. The van der Waals surface area contributed by atoms with Crippen molar-refractivity contribution in [3.63, 3.8) is 0 Å². The van der Waals surface area contributed by atoms with Crippen molar-refractivity contribution in [2.24, 2.45) is 5.92 Å². The van der Waals surface area contributed by atoms with E-state index in [1.807, 2.05) is 4.68 Å². The van der Waals surface area contributed by atoms with Crippen LogP contribution in [0.5, 0.6) is 0 Å². The second-order valence-corrected chi connectivity index (χ2v) is 5.30. The summed E-state index contributed by atoms with van der Waals surface area (Å²) < 4.78 is 1.95. The van der Waals surface area contributed by atoms with Crippen molar-refractivity contribution in [3.05, 3.63) is 12.2 Å². The molecule has 5 heteroatoms. The Morgan fingerprint density at radius 1 is 1.47 bits per heavy atom. The normalized spacial score (nSPS) is 19.6. The van der Waals surface area contributed by atoms with Gasteiger partial charge in [0.1, 0.15) is 12.2 Å². The van der Waals surface area contributed by atoms with Crippen LogP contribution in [-0.2, 0) is 13.1 Å². The van der Waals surface area contributed by atoms with E-state index in [4.69, 9.17) is 0 Å². The maximum atomic E-state index is 10.2. The van der Waals surface area contributed by atoms with Crippen LogP contribution >= 0.6 is 0 Å². The van der Waals surface area contributed by atoms with E-state index >= 15 is 0 Å². The highest BCUT2D eigenvalue weighted by atomic mass is 16.3. The molecule has 0 bridgehead atoms. The van der Waals surface area contributed by atoms with Gasteiger partial charge in [0, 0.05) is 19.6 Å². The Hall–Kier alpha value is -0.940. The molecule has 0 radical (unpaired) electrons. The molecule has 0 aliphatic carbocycles. The Balaban J connectivity index is 1.89. The quantitative estimate of drug-likeness (QED) is 0.828. The number of hydrogen-bond donors (Lipinski definition) is 1. The number of aromatic nitrogens is 3. The highest BCUT2D eigenvalue weighted by Crippen LogP contribution is 2.29. The third kappa shape index (κ3) is 2.50. The Kier molecular flexibility index (Phi) is 3.49. The van der Waals surface area contributed by atoms with Crippen LogP contribution in [0, 0.1) is 5.92 Å². The van der Waals surface area contributed by atoms with Crippen molar-refractivity contribution in [1.82, 2.24) is 19.7 Å². The second-order valence-electron chi connectivity index (χ2n) is 5.30. The first-order valence-electron chi connectivity index (χ1n) is 6.36. The molecule has 0 atom stereocenters. The molecule has 96 valence electrons. The maximum absolute atomic E-state index is 10.2. The van der Waals surface area contributed by atoms with Crippen LogP contribution in [0.2, 0.25) is 0 Å². The molecule has 0 saturated carbocycles. The largest absolute Gasteiger partial charge is 0.387 e. The zero-order valence-electron chi connectivity index (χ0n) is 10.9. The number of hydrogen-bond acceptors (Lipinski definition) is 4. The first-order chi connectivity index (χ1) is 8.05. The summed E-state index contributed by atoms with van der Waals surface area (Å²) >= 11 is 0. The molecular weight excluding hydrogens is 216 g/mol. The average molecular weight is 238 g/mol. The van der Waals surface area contributed by atoms with Crippen molar-refractivity contribution in [2.75, 3.05) is 13.1 Å². The zero-order valence-corrected chi connectivity index (χ0v) is 10.9. The van der Waals surface area contributed by atoms with Crippen LogP contribution in [0.4, 0.5) is 0 Å². The van der Waals surface area contributed by atoms with E-state index in [-0.39, 0.29) is 0 Å². The third-order valence-corrected chi connectivity index (χ3v) is 3.57. The molecular formula is C12H22N4O. The molecule has 1 saturated heterocycles. The molecule has 2 heterocycles. The van der Waals surface area contributed by atoms with Gasteiger partial charge in [0.15, 0.2) is 0 Å². The molecule has 1 fully saturated rings. The number of rotatable bonds is 5. The smallest absolute Gasteiger partial charge is 0.141 e.